The van der Waals surface area contributed by atoms with E-state index >= 15 is 0 Å². The summed E-state index contributed by atoms with van der Waals surface area (Å²) in [5, 5.41) is 0. The van der Waals surface area contributed by atoms with Gasteiger partial charge in [0.15, 0.2) is 0 Å². The first-order valence-electron chi connectivity index (χ1n) is 6.54. The lowest BCUT2D eigenvalue weighted by Crippen LogP contribution is -2.31. The second-order valence-corrected chi connectivity index (χ2v) is 5.62. The molecule has 0 heterocycles. The van der Waals surface area contributed by atoms with Crippen LogP contribution in [0.4, 0.5) is 4.39 Å². The highest BCUT2D eigenvalue weighted by Crippen LogP contribution is 2.47. The molecule has 0 spiro atoms. The standard InChI is InChI=1S/C15H20FNO2/c1-11(12-4-6-13(16)7-5-12)19-14(18)15(8-9-15)10-17(2)3/h4-7,11H,8-10H2,1-3H3. The smallest absolute Gasteiger partial charge is 0.313 e. The van der Waals surface area contributed by atoms with E-state index < -0.39 is 0 Å². The van der Waals surface area contributed by atoms with E-state index in [9.17, 15) is 9.18 Å². The predicted molar refractivity (Wildman–Crippen MR) is 71.1 cm³/mol. The molecule has 4 heteroatoms. The van der Waals surface area contributed by atoms with E-state index in [-0.39, 0.29) is 23.3 Å². The lowest BCUT2D eigenvalue weighted by atomic mass is 10.1. The number of esters is 1. The summed E-state index contributed by atoms with van der Waals surface area (Å²) in [5.41, 5.74) is 0.494. The molecule has 1 aromatic rings. The fourth-order valence-corrected chi connectivity index (χ4v) is 2.27. The minimum atomic E-state index is -0.340. The van der Waals surface area contributed by atoms with Crippen LogP contribution in [0, 0.1) is 11.2 Å². The highest BCUT2D eigenvalue weighted by atomic mass is 19.1. The Morgan fingerprint density at radius 2 is 1.95 bits per heavy atom. The summed E-state index contributed by atoms with van der Waals surface area (Å²) in [6.45, 7) is 2.54. The van der Waals surface area contributed by atoms with E-state index in [4.69, 9.17) is 4.74 Å². The first kappa shape index (κ1) is 14.0. The van der Waals surface area contributed by atoms with Crippen LogP contribution in [0.1, 0.15) is 31.4 Å². The SMILES string of the molecule is CC(OC(=O)C1(CN(C)C)CC1)c1ccc(F)cc1. The van der Waals surface area contributed by atoms with Gasteiger partial charge in [-0.15, -0.1) is 0 Å². The maximum atomic E-state index is 12.8. The van der Waals surface area contributed by atoms with Crippen LogP contribution >= 0.6 is 0 Å². The molecule has 1 aliphatic carbocycles. The molecule has 1 fully saturated rings. The second-order valence-electron chi connectivity index (χ2n) is 5.62. The normalized spacial score (nSPS) is 18.2. The third-order valence-corrected chi connectivity index (χ3v) is 3.53. The van der Waals surface area contributed by atoms with Gasteiger partial charge in [0.2, 0.25) is 0 Å². The zero-order valence-electron chi connectivity index (χ0n) is 11.6. The lowest BCUT2D eigenvalue weighted by molar-refractivity contribution is -0.156. The zero-order valence-corrected chi connectivity index (χ0v) is 11.6. The molecule has 0 N–H and O–H groups in total. The summed E-state index contributed by atoms with van der Waals surface area (Å²) in [5.74, 6) is -0.424. The molecule has 1 aromatic carbocycles. The van der Waals surface area contributed by atoms with Gasteiger partial charge in [-0.2, -0.15) is 0 Å². The number of carbonyl (C=O) groups excluding carboxylic acids is 1. The molecule has 104 valence electrons. The first-order valence-corrected chi connectivity index (χ1v) is 6.54. The first-order chi connectivity index (χ1) is 8.93. The van der Waals surface area contributed by atoms with Gasteiger partial charge in [-0.05, 0) is 51.6 Å². The van der Waals surface area contributed by atoms with Crippen molar-refractivity contribution in [3.05, 3.63) is 35.6 Å². The maximum absolute atomic E-state index is 12.8. The number of benzene rings is 1. The number of ether oxygens (including phenoxy) is 1. The molecule has 19 heavy (non-hydrogen) atoms. The topological polar surface area (TPSA) is 29.5 Å². The third-order valence-electron chi connectivity index (χ3n) is 3.53. The van der Waals surface area contributed by atoms with Crippen molar-refractivity contribution in [2.24, 2.45) is 5.41 Å². The van der Waals surface area contributed by atoms with Gasteiger partial charge in [0.1, 0.15) is 11.9 Å². The summed E-state index contributed by atoms with van der Waals surface area (Å²) in [7, 11) is 3.91. The van der Waals surface area contributed by atoms with Gasteiger partial charge in [-0.25, -0.2) is 4.39 Å². The summed E-state index contributed by atoms with van der Waals surface area (Å²) >= 11 is 0. The van der Waals surface area contributed by atoms with Crippen molar-refractivity contribution in [2.45, 2.75) is 25.9 Å². The van der Waals surface area contributed by atoms with E-state index in [0.717, 1.165) is 24.9 Å². The molecule has 0 aromatic heterocycles. The molecule has 0 aliphatic heterocycles. The quantitative estimate of drug-likeness (QED) is 0.767. The Hall–Kier alpha value is -1.42. The van der Waals surface area contributed by atoms with Crippen LogP contribution in [0.15, 0.2) is 24.3 Å². The Morgan fingerprint density at radius 3 is 2.42 bits per heavy atom. The van der Waals surface area contributed by atoms with Crippen LogP contribution in [-0.4, -0.2) is 31.5 Å². The Bertz CT molecular complexity index is 452. The van der Waals surface area contributed by atoms with Crippen LogP contribution in [0.2, 0.25) is 0 Å². The molecule has 2 rings (SSSR count). The molecule has 1 atom stereocenters. The van der Waals surface area contributed by atoms with Crippen molar-refractivity contribution >= 4 is 5.97 Å². The summed E-state index contributed by atoms with van der Waals surface area (Å²) < 4.78 is 18.4. The number of halogens is 1. The van der Waals surface area contributed by atoms with Crippen molar-refractivity contribution in [3.63, 3.8) is 0 Å². The van der Waals surface area contributed by atoms with Gasteiger partial charge in [0.05, 0.1) is 5.41 Å². The van der Waals surface area contributed by atoms with Crippen LogP contribution in [0.5, 0.6) is 0 Å². The summed E-state index contributed by atoms with van der Waals surface area (Å²) in [4.78, 5) is 14.2. The van der Waals surface area contributed by atoms with Gasteiger partial charge >= 0.3 is 5.97 Å². The minimum Gasteiger partial charge on any atom is -0.457 e. The minimum absolute atomic E-state index is 0.141. The summed E-state index contributed by atoms with van der Waals surface area (Å²) in [6.07, 6.45) is 1.44. The van der Waals surface area contributed by atoms with Crippen LogP contribution in [0.3, 0.4) is 0 Å². The average molecular weight is 265 g/mol. The van der Waals surface area contributed by atoms with Crippen molar-refractivity contribution in [1.82, 2.24) is 4.90 Å². The molecular formula is C15H20FNO2. The van der Waals surface area contributed by atoms with E-state index in [2.05, 4.69) is 0 Å². The molecular weight excluding hydrogens is 245 g/mol. The predicted octanol–water partition coefficient (Wildman–Crippen LogP) is 2.77. The van der Waals surface area contributed by atoms with Gasteiger partial charge in [0.25, 0.3) is 0 Å². The molecule has 0 amide bonds. The van der Waals surface area contributed by atoms with E-state index in [1.165, 1.54) is 12.1 Å². The second kappa shape index (κ2) is 5.29. The van der Waals surface area contributed by atoms with Gasteiger partial charge in [-0.3, -0.25) is 4.79 Å². The van der Waals surface area contributed by atoms with Crippen molar-refractivity contribution in [2.75, 3.05) is 20.6 Å². The Kier molecular flexibility index (Phi) is 3.90. The van der Waals surface area contributed by atoms with Crippen molar-refractivity contribution in [3.8, 4) is 0 Å². The maximum Gasteiger partial charge on any atom is 0.313 e. The molecule has 0 radical (unpaired) electrons. The number of hydrogen-bond donors (Lipinski definition) is 0. The number of hydrogen-bond acceptors (Lipinski definition) is 3. The van der Waals surface area contributed by atoms with E-state index in [1.807, 2.05) is 25.9 Å². The Morgan fingerprint density at radius 1 is 1.37 bits per heavy atom. The number of rotatable bonds is 5. The number of nitrogens with zero attached hydrogens (tertiary/aromatic N) is 1. The van der Waals surface area contributed by atoms with E-state index in [1.54, 1.807) is 12.1 Å². The largest absolute Gasteiger partial charge is 0.457 e. The molecule has 0 saturated heterocycles. The van der Waals surface area contributed by atoms with Crippen molar-refractivity contribution < 1.29 is 13.9 Å². The fraction of sp³-hybridized carbons (Fsp3) is 0.533. The molecule has 3 nitrogen and oxygen atoms in total. The highest BCUT2D eigenvalue weighted by molar-refractivity contribution is 5.80. The summed E-state index contributed by atoms with van der Waals surface area (Å²) in [6, 6.07) is 6.07. The fourth-order valence-electron chi connectivity index (χ4n) is 2.27. The molecule has 0 bridgehead atoms. The number of carbonyl (C=O) groups is 1. The molecule has 1 unspecified atom stereocenters. The highest BCUT2D eigenvalue weighted by Gasteiger charge is 2.51. The molecule has 1 saturated carbocycles. The van der Waals surface area contributed by atoms with Crippen molar-refractivity contribution in [1.29, 1.82) is 0 Å². The molecule has 1 aliphatic rings. The van der Waals surface area contributed by atoms with Gasteiger partial charge in [0, 0.05) is 6.54 Å². The van der Waals surface area contributed by atoms with Gasteiger partial charge in [-0.1, -0.05) is 12.1 Å². The Balaban J connectivity index is 1.97. The average Bonchev–Trinajstić information content (AvgIpc) is 3.09. The zero-order chi connectivity index (χ0) is 14.0. The van der Waals surface area contributed by atoms with Crippen LogP contribution < -0.4 is 0 Å². The monoisotopic (exact) mass is 265 g/mol. The van der Waals surface area contributed by atoms with Crippen LogP contribution in [0.25, 0.3) is 0 Å². The van der Waals surface area contributed by atoms with Gasteiger partial charge < -0.3 is 9.64 Å². The lowest BCUT2D eigenvalue weighted by Gasteiger charge is -2.21. The Labute approximate surface area is 113 Å². The van der Waals surface area contributed by atoms with Crippen LogP contribution in [-0.2, 0) is 9.53 Å². The third kappa shape index (κ3) is 3.32. The van der Waals surface area contributed by atoms with E-state index in [0.29, 0.717) is 0 Å².